The molecular weight excluding hydrogens is 272 g/mol. The van der Waals surface area contributed by atoms with Crippen LogP contribution in [0.3, 0.4) is 0 Å². The number of aryl methyl sites for hydroxylation is 1. The average Bonchev–Trinajstić information content (AvgIpc) is 2.77. The van der Waals surface area contributed by atoms with Crippen molar-refractivity contribution in [2.24, 2.45) is 0 Å². The van der Waals surface area contributed by atoms with Gasteiger partial charge in [0.05, 0.1) is 5.75 Å². The number of fused-ring (bicyclic) bond motifs is 1. The molecule has 110 valence electrons. The fourth-order valence-electron chi connectivity index (χ4n) is 2.45. The Morgan fingerprint density at radius 1 is 1.25 bits per heavy atom. The molecule has 0 fully saturated rings. The summed E-state index contributed by atoms with van der Waals surface area (Å²) in [6.45, 7) is 3.23. The SMILES string of the molecule is CCS(=O)(=O)CCCn1c(CNC)cc2ccccc21. The van der Waals surface area contributed by atoms with Crippen molar-refractivity contribution in [3.05, 3.63) is 36.0 Å². The molecule has 5 heteroatoms. The van der Waals surface area contributed by atoms with Crippen molar-refractivity contribution in [1.29, 1.82) is 0 Å². The predicted octanol–water partition coefficient (Wildman–Crippen LogP) is 2.19. The van der Waals surface area contributed by atoms with Crippen molar-refractivity contribution in [3.63, 3.8) is 0 Å². The minimum Gasteiger partial charge on any atom is -0.343 e. The van der Waals surface area contributed by atoms with Crippen molar-refractivity contribution >= 4 is 20.7 Å². The van der Waals surface area contributed by atoms with Gasteiger partial charge in [0.25, 0.3) is 0 Å². The highest BCUT2D eigenvalue weighted by Gasteiger charge is 2.10. The van der Waals surface area contributed by atoms with Gasteiger partial charge in [0, 0.05) is 30.1 Å². The lowest BCUT2D eigenvalue weighted by Gasteiger charge is -2.10. The smallest absolute Gasteiger partial charge is 0.150 e. The first-order valence-electron chi connectivity index (χ1n) is 6.99. The van der Waals surface area contributed by atoms with E-state index in [0.29, 0.717) is 6.42 Å². The molecule has 1 aromatic carbocycles. The Kier molecular flexibility index (Phi) is 4.83. The number of para-hydroxylation sites is 1. The van der Waals surface area contributed by atoms with Crippen molar-refractivity contribution in [1.82, 2.24) is 9.88 Å². The van der Waals surface area contributed by atoms with E-state index in [0.717, 1.165) is 13.1 Å². The van der Waals surface area contributed by atoms with Crippen LogP contribution in [0, 0.1) is 0 Å². The van der Waals surface area contributed by atoms with Crippen molar-refractivity contribution in [2.75, 3.05) is 18.6 Å². The molecule has 0 radical (unpaired) electrons. The van der Waals surface area contributed by atoms with Crippen LogP contribution in [0.25, 0.3) is 10.9 Å². The van der Waals surface area contributed by atoms with Gasteiger partial charge in [-0.15, -0.1) is 0 Å². The summed E-state index contributed by atoms with van der Waals surface area (Å²) in [5, 5.41) is 4.37. The summed E-state index contributed by atoms with van der Waals surface area (Å²) in [6, 6.07) is 10.4. The van der Waals surface area contributed by atoms with E-state index in [2.05, 4.69) is 28.1 Å². The standard InChI is InChI=1S/C15H22N2O2S/c1-3-20(18,19)10-6-9-17-14(12-16-2)11-13-7-4-5-8-15(13)17/h4-5,7-8,11,16H,3,6,9-10,12H2,1-2H3. The summed E-state index contributed by atoms with van der Waals surface area (Å²) in [5.41, 5.74) is 2.37. The van der Waals surface area contributed by atoms with Gasteiger partial charge in [-0.05, 0) is 31.0 Å². The van der Waals surface area contributed by atoms with Crippen LogP contribution in [0.1, 0.15) is 19.0 Å². The molecule has 2 aromatic rings. The maximum atomic E-state index is 11.6. The molecule has 0 spiro atoms. The van der Waals surface area contributed by atoms with Crippen LogP contribution in [0.15, 0.2) is 30.3 Å². The molecule has 0 aliphatic carbocycles. The highest BCUT2D eigenvalue weighted by atomic mass is 32.2. The second kappa shape index (κ2) is 6.41. The van der Waals surface area contributed by atoms with Crippen LogP contribution in [0.4, 0.5) is 0 Å². The number of nitrogens with one attached hydrogen (secondary N) is 1. The third-order valence-corrected chi connectivity index (χ3v) is 5.32. The van der Waals surface area contributed by atoms with Gasteiger partial charge in [0.15, 0.2) is 0 Å². The molecule has 0 bridgehead atoms. The van der Waals surface area contributed by atoms with Crippen LogP contribution in [-0.2, 0) is 22.9 Å². The first kappa shape index (κ1) is 15.1. The summed E-state index contributed by atoms with van der Waals surface area (Å²) in [5.74, 6) is 0.484. The number of aromatic nitrogens is 1. The largest absolute Gasteiger partial charge is 0.343 e. The Hall–Kier alpha value is -1.33. The molecule has 0 atom stereocenters. The molecule has 2 rings (SSSR count). The van der Waals surface area contributed by atoms with Gasteiger partial charge in [-0.1, -0.05) is 25.1 Å². The lowest BCUT2D eigenvalue weighted by Crippen LogP contribution is -2.14. The number of hydrogen-bond acceptors (Lipinski definition) is 3. The average molecular weight is 294 g/mol. The number of sulfone groups is 1. The Morgan fingerprint density at radius 2 is 2.00 bits per heavy atom. The molecule has 1 aromatic heterocycles. The number of nitrogens with zero attached hydrogens (tertiary/aromatic N) is 1. The zero-order valence-electron chi connectivity index (χ0n) is 12.1. The van der Waals surface area contributed by atoms with Gasteiger partial charge in [0.1, 0.15) is 9.84 Å². The van der Waals surface area contributed by atoms with Gasteiger partial charge in [-0.3, -0.25) is 0 Å². The predicted molar refractivity (Wildman–Crippen MR) is 83.6 cm³/mol. The highest BCUT2D eigenvalue weighted by Crippen LogP contribution is 2.20. The molecule has 0 saturated carbocycles. The molecule has 0 unspecified atom stereocenters. The molecule has 0 saturated heterocycles. The third-order valence-electron chi connectivity index (χ3n) is 3.53. The van der Waals surface area contributed by atoms with E-state index in [9.17, 15) is 8.42 Å². The van der Waals surface area contributed by atoms with Crippen LogP contribution in [0.5, 0.6) is 0 Å². The zero-order valence-corrected chi connectivity index (χ0v) is 12.9. The van der Waals surface area contributed by atoms with E-state index >= 15 is 0 Å². The van der Waals surface area contributed by atoms with Crippen LogP contribution in [-0.4, -0.2) is 31.5 Å². The quantitative estimate of drug-likeness (QED) is 0.851. The summed E-state index contributed by atoms with van der Waals surface area (Å²) in [4.78, 5) is 0. The van der Waals surface area contributed by atoms with Gasteiger partial charge in [0.2, 0.25) is 0 Å². The van der Waals surface area contributed by atoms with Crippen LogP contribution in [0.2, 0.25) is 0 Å². The molecule has 0 aliphatic rings. The van der Waals surface area contributed by atoms with Crippen LogP contribution >= 0.6 is 0 Å². The Balaban J connectivity index is 2.21. The molecule has 0 aliphatic heterocycles. The molecule has 1 heterocycles. The second-order valence-electron chi connectivity index (χ2n) is 4.97. The van der Waals surface area contributed by atoms with Gasteiger partial charge in [-0.2, -0.15) is 0 Å². The molecule has 1 N–H and O–H groups in total. The molecule has 0 amide bonds. The minimum absolute atomic E-state index is 0.225. The first-order valence-corrected chi connectivity index (χ1v) is 8.81. The zero-order chi connectivity index (χ0) is 14.6. The normalized spacial score (nSPS) is 12.1. The van der Waals surface area contributed by atoms with Crippen molar-refractivity contribution in [2.45, 2.75) is 26.4 Å². The van der Waals surface area contributed by atoms with E-state index in [4.69, 9.17) is 0 Å². The molecule has 20 heavy (non-hydrogen) atoms. The van der Waals surface area contributed by atoms with E-state index in [-0.39, 0.29) is 11.5 Å². The van der Waals surface area contributed by atoms with Crippen LogP contribution < -0.4 is 5.32 Å². The van der Waals surface area contributed by atoms with Crippen molar-refractivity contribution < 1.29 is 8.42 Å². The Bertz CT molecular complexity index is 674. The lowest BCUT2D eigenvalue weighted by atomic mass is 10.2. The van der Waals surface area contributed by atoms with E-state index in [1.807, 2.05) is 19.2 Å². The number of hydrogen-bond donors (Lipinski definition) is 1. The lowest BCUT2D eigenvalue weighted by molar-refractivity contribution is 0.585. The first-order chi connectivity index (χ1) is 9.57. The Morgan fingerprint density at radius 3 is 2.70 bits per heavy atom. The number of rotatable bonds is 7. The summed E-state index contributed by atoms with van der Waals surface area (Å²) in [6.07, 6.45) is 0.658. The number of benzene rings is 1. The topological polar surface area (TPSA) is 51.1 Å². The molecular formula is C15H22N2O2S. The summed E-state index contributed by atoms with van der Waals surface area (Å²) in [7, 11) is -0.960. The van der Waals surface area contributed by atoms with E-state index in [1.165, 1.54) is 16.6 Å². The Labute approximate surface area is 120 Å². The van der Waals surface area contributed by atoms with Gasteiger partial charge >= 0.3 is 0 Å². The van der Waals surface area contributed by atoms with Gasteiger partial charge in [-0.25, -0.2) is 8.42 Å². The van der Waals surface area contributed by atoms with E-state index < -0.39 is 9.84 Å². The fourth-order valence-corrected chi connectivity index (χ4v) is 3.30. The monoisotopic (exact) mass is 294 g/mol. The highest BCUT2D eigenvalue weighted by molar-refractivity contribution is 7.91. The van der Waals surface area contributed by atoms with E-state index in [1.54, 1.807) is 6.92 Å². The maximum absolute atomic E-state index is 11.6. The maximum Gasteiger partial charge on any atom is 0.150 e. The third kappa shape index (κ3) is 3.41. The second-order valence-corrected chi connectivity index (χ2v) is 7.44. The fraction of sp³-hybridized carbons (Fsp3) is 0.467. The summed E-state index contributed by atoms with van der Waals surface area (Å²) >= 11 is 0. The van der Waals surface area contributed by atoms with Gasteiger partial charge < -0.3 is 9.88 Å². The molecule has 4 nitrogen and oxygen atoms in total. The minimum atomic E-state index is -2.88. The van der Waals surface area contributed by atoms with Crippen molar-refractivity contribution in [3.8, 4) is 0 Å². The summed E-state index contributed by atoms with van der Waals surface area (Å²) < 4.78 is 25.4.